The lowest BCUT2D eigenvalue weighted by Crippen LogP contribution is -2.37. The molecule has 0 aliphatic carbocycles. The van der Waals surface area contributed by atoms with E-state index in [0.29, 0.717) is 24.8 Å². The first-order chi connectivity index (χ1) is 18.0. The Bertz CT molecular complexity index is 919. The second kappa shape index (κ2) is 17.2. The van der Waals surface area contributed by atoms with Gasteiger partial charge in [0.1, 0.15) is 31.0 Å². The average molecular weight is 540 g/mol. The Kier molecular flexibility index (Phi) is 14.8. The Morgan fingerprint density at radius 1 is 0.816 bits per heavy atom. The van der Waals surface area contributed by atoms with Crippen LogP contribution in [0.1, 0.15) is 79.2 Å². The topological polar surface area (TPSA) is 150 Å². The second-order valence-corrected chi connectivity index (χ2v) is 9.00. The molecule has 0 spiro atoms. The molecule has 4 atom stereocenters. The van der Waals surface area contributed by atoms with E-state index in [1.165, 1.54) is 12.1 Å². The van der Waals surface area contributed by atoms with Gasteiger partial charge in [-0.2, -0.15) is 0 Å². The molecule has 214 valence electrons. The number of benzene rings is 1. The lowest BCUT2D eigenvalue weighted by atomic mass is 10.1. The Labute approximate surface area is 224 Å². The molecule has 0 saturated heterocycles. The number of carbonyl (C=O) groups is 4. The molecule has 2 N–H and O–H groups in total. The maximum Gasteiger partial charge on any atom is 0.514 e. The zero-order valence-electron chi connectivity index (χ0n) is 23.2. The Morgan fingerprint density at radius 2 is 1.39 bits per heavy atom. The summed E-state index contributed by atoms with van der Waals surface area (Å²) in [6.45, 7) is 10.6. The highest BCUT2D eigenvalue weighted by Crippen LogP contribution is 2.30. The van der Waals surface area contributed by atoms with Crippen molar-refractivity contribution < 1.29 is 47.6 Å². The third-order valence-corrected chi connectivity index (χ3v) is 5.43. The fourth-order valence-electron chi connectivity index (χ4n) is 2.83. The summed E-state index contributed by atoms with van der Waals surface area (Å²) < 4.78 is 31.1. The number of nitrogens with two attached hydrogens (primary N) is 1. The quantitative estimate of drug-likeness (QED) is 0.185. The molecule has 1 aromatic rings. The van der Waals surface area contributed by atoms with Gasteiger partial charge in [0.15, 0.2) is 11.5 Å². The van der Waals surface area contributed by atoms with Gasteiger partial charge in [-0.1, -0.05) is 33.3 Å². The van der Waals surface area contributed by atoms with Crippen LogP contribution in [0.25, 0.3) is 0 Å². The van der Waals surface area contributed by atoms with Gasteiger partial charge in [-0.25, -0.2) is 9.59 Å². The molecule has 11 heteroatoms. The van der Waals surface area contributed by atoms with Crippen molar-refractivity contribution in [3.05, 3.63) is 23.8 Å². The number of hydrogen-bond donors (Lipinski definition) is 1. The Hall–Kier alpha value is -3.34. The van der Waals surface area contributed by atoms with Crippen molar-refractivity contribution in [1.29, 1.82) is 0 Å². The van der Waals surface area contributed by atoms with Crippen LogP contribution in [0.5, 0.6) is 11.5 Å². The van der Waals surface area contributed by atoms with Gasteiger partial charge in [-0.15, -0.1) is 0 Å². The van der Waals surface area contributed by atoms with Crippen LogP contribution in [0.4, 0.5) is 9.59 Å². The zero-order chi connectivity index (χ0) is 28.7. The largest absolute Gasteiger partial charge is 0.514 e. The molecule has 0 bridgehead atoms. The van der Waals surface area contributed by atoms with E-state index in [1.807, 2.05) is 20.8 Å². The van der Waals surface area contributed by atoms with Gasteiger partial charge in [-0.3, -0.25) is 9.59 Å². The Morgan fingerprint density at radius 3 is 1.95 bits per heavy atom. The molecule has 1 aromatic carbocycles. The Balaban J connectivity index is 2.88. The minimum atomic E-state index is -1.06. The molecule has 38 heavy (non-hydrogen) atoms. The molecule has 0 aromatic heterocycles. The highest BCUT2D eigenvalue weighted by atomic mass is 16.7. The van der Waals surface area contributed by atoms with Gasteiger partial charge in [-0.05, 0) is 64.2 Å². The first kappa shape index (κ1) is 32.7. The molecule has 0 fully saturated rings. The summed E-state index contributed by atoms with van der Waals surface area (Å²) in [7, 11) is 0. The highest BCUT2D eigenvalue weighted by Gasteiger charge is 2.22. The second-order valence-electron chi connectivity index (χ2n) is 9.00. The summed E-state index contributed by atoms with van der Waals surface area (Å²) in [6.07, 6.45) is -0.289. The molecule has 1 rings (SSSR count). The number of rotatable bonds is 15. The lowest BCUT2D eigenvalue weighted by molar-refractivity contribution is -0.159. The number of carbonyl (C=O) groups excluding carboxylic acids is 4. The molecule has 0 radical (unpaired) electrons. The third kappa shape index (κ3) is 12.8. The predicted molar refractivity (Wildman–Crippen MR) is 138 cm³/mol. The maximum atomic E-state index is 12.5. The van der Waals surface area contributed by atoms with Crippen LogP contribution < -0.4 is 15.2 Å². The normalized spacial score (nSPS) is 13.9. The lowest BCUT2D eigenvalue weighted by Gasteiger charge is -2.18. The van der Waals surface area contributed by atoms with Crippen molar-refractivity contribution in [2.24, 2.45) is 5.73 Å². The minimum absolute atomic E-state index is 0.0240. The van der Waals surface area contributed by atoms with Gasteiger partial charge < -0.3 is 34.2 Å². The molecule has 2 unspecified atom stereocenters. The predicted octanol–water partition coefficient (Wildman–Crippen LogP) is 4.85. The molecular weight excluding hydrogens is 498 g/mol. The highest BCUT2D eigenvalue weighted by molar-refractivity contribution is 5.76. The fourth-order valence-corrected chi connectivity index (χ4v) is 2.83. The zero-order valence-corrected chi connectivity index (χ0v) is 23.2. The van der Waals surface area contributed by atoms with Gasteiger partial charge in [0.2, 0.25) is 0 Å². The molecule has 0 heterocycles. The van der Waals surface area contributed by atoms with E-state index in [2.05, 4.69) is 0 Å². The van der Waals surface area contributed by atoms with Gasteiger partial charge in [0, 0.05) is 6.42 Å². The van der Waals surface area contributed by atoms with Crippen LogP contribution in [0.3, 0.4) is 0 Å². The standard InChI is InChI=1S/C27H41NO10/c1-7-10-11-24(29)33-16-19(6)34-25(30)21(28)14-20-12-13-22(37-26(31)35-17(4)8-2)23(15-20)38-27(32)36-18(5)9-3/h12-13,15,17-19,21H,7-11,14,16,28H2,1-6H3/t17?,18?,19-,21-/m0/s1. The maximum absolute atomic E-state index is 12.5. The van der Waals surface area contributed by atoms with Crippen molar-refractivity contribution >= 4 is 24.2 Å². The molecule has 0 aliphatic heterocycles. The van der Waals surface area contributed by atoms with Crippen molar-refractivity contribution in [3.8, 4) is 11.5 Å². The van der Waals surface area contributed by atoms with Crippen LogP contribution in [-0.2, 0) is 35.0 Å². The third-order valence-electron chi connectivity index (χ3n) is 5.43. The van der Waals surface area contributed by atoms with Gasteiger partial charge >= 0.3 is 24.2 Å². The smallest absolute Gasteiger partial charge is 0.462 e. The van der Waals surface area contributed by atoms with E-state index >= 15 is 0 Å². The number of esters is 2. The molecule has 0 aliphatic rings. The van der Waals surface area contributed by atoms with E-state index in [-0.39, 0.29) is 42.7 Å². The number of unbranched alkanes of at least 4 members (excludes halogenated alkanes) is 1. The first-order valence-electron chi connectivity index (χ1n) is 13.0. The molecule has 0 saturated carbocycles. The van der Waals surface area contributed by atoms with Crippen LogP contribution in [-0.4, -0.2) is 55.2 Å². The molecule has 11 nitrogen and oxygen atoms in total. The minimum Gasteiger partial charge on any atom is -0.462 e. The van der Waals surface area contributed by atoms with E-state index in [0.717, 1.165) is 12.8 Å². The summed E-state index contributed by atoms with van der Waals surface area (Å²) in [6, 6.07) is 3.31. The van der Waals surface area contributed by atoms with E-state index in [1.54, 1.807) is 26.8 Å². The van der Waals surface area contributed by atoms with Gasteiger partial charge in [0.05, 0.1) is 0 Å². The summed E-state index contributed by atoms with van der Waals surface area (Å²) in [5.41, 5.74) is 6.53. The summed E-state index contributed by atoms with van der Waals surface area (Å²) in [5.74, 6) is -1.23. The van der Waals surface area contributed by atoms with Gasteiger partial charge in [0.25, 0.3) is 0 Å². The molecular formula is C27H41NO10. The van der Waals surface area contributed by atoms with Crippen molar-refractivity contribution in [2.75, 3.05) is 6.61 Å². The van der Waals surface area contributed by atoms with Crippen LogP contribution >= 0.6 is 0 Å². The van der Waals surface area contributed by atoms with Crippen LogP contribution in [0, 0.1) is 0 Å². The first-order valence-corrected chi connectivity index (χ1v) is 13.0. The molecule has 0 amide bonds. The van der Waals surface area contributed by atoms with E-state index in [9.17, 15) is 19.2 Å². The van der Waals surface area contributed by atoms with Crippen LogP contribution in [0.15, 0.2) is 18.2 Å². The average Bonchev–Trinajstić information content (AvgIpc) is 2.87. The summed E-state index contributed by atoms with van der Waals surface area (Å²) in [5, 5.41) is 0. The fraction of sp³-hybridized carbons (Fsp3) is 0.630. The summed E-state index contributed by atoms with van der Waals surface area (Å²) >= 11 is 0. The number of ether oxygens (including phenoxy) is 6. The summed E-state index contributed by atoms with van der Waals surface area (Å²) in [4.78, 5) is 48.4. The SMILES string of the molecule is CCCCC(=O)OC[C@H](C)OC(=O)[C@@H](N)Cc1ccc(OC(=O)OC(C)CC)c(OC(=O)OC(C)CC)c1. The van der Waals surface area contributed by atoms with Crippen LogP contribution in [0.2, 0.25) is 0 Å². The van der Waals surface area contributed by atoms with Crippen molar-refractivity contribution in [3.63, 3.8) is 0 Å². The van der Waals surface area contributed by atoms with Crippen molar-refractivity contribution in [2.45, 2.75) is 104 Å². The van der Waals surface area contributed by atoms with E-state index in [4.69, 9.17) is 34.2 Å². The monoisotopic (exact) mass is 539 g/mol. The van der Waals surface area contributed by atoms with E-state index < -0.39 is 30.4 Å². The number of hydrogen-bond acceptors (Lipinski definition) is 11. The van der Waals surface area contributed by atoms with Crippen molar-refractivity contribution in [1.82, 2.24) is 0 Å².